The number of rotatable bonds is 4. The molecule has 2 fully saturated rings. The van der Waals surface area contributed by atoms with Gasteiger partial charge in [-0.3, -0.25) is 0 Å². The first-order valence-corrected chi connectivity index (χ1v) is 8.66. The number of hydrogen-bond donors (Lipinski definition) is 2. The van der Waals surface area contributed by atoms with Gasteiger partial charge in [0.1, 0.15) is 0 Å². The normalized spacial score (nSPS) is 29.9. The Morgan fingerprint density at radius 2 is 1.86 bits per heavy atom. The Morgan fingerprint density at radius 1 is 1.10 bits per heavy atom. The van der Waals surface area contributed by atoms with Gasteiger partial charge in [0, 0.05) is 6.04 Å². The molecular weight excluding hydrogens is 276 g/mol. The highest BCUT2D eigenvalue weighted by molar-refractivity contribution is 7.80. The van der Waals surface area contributed by atoms with Crippen LogP contribution in [0.25, 0.3) is 0 Å². The minimum atomic E-state index is 0.249. The van der Waals surface area contributed by atoms with Crippen LogP contribution in [0.1, 0.15) is 51.1 Å². The Kier molecular flexibility index (Phi) is 4.48. The molecule has 21 heavy (non-hydrogen) atoms. The third kappa shape index (κ3) is 3.39. The van der Waals surface area contributed by atoms with Gasteiger partial charge in [-0.25, -0.2) is 0 Å². The zero-order valence-corrected chi connectivity index (χ0v) is 13.8. The van der Waals surface area contributed by atoms with Crippen LogP contribution in [0.2, 0.25) is 0 Å². The molecule has 1 aromatic rings. The first-order chi connectivity index (χ1) is 10.1. The van der Waals surface area contributed by atoms with Crippen molar-refractivity contribution in [2.75, 3.05) is 0 Å². The van der Waals surface area contributed by atoms with Gasteiger partial charge in [-0.05, 0) is 68.6 Å². The minimum Gasteiger partial charge on any atom is -0.360 e. The highest BCUT2D eigenvalue weighted by Gasteiger charge is 2.41. The maximum Gasteiger partial charge on any atom is 0.166 e. The third-order valence-electron chi connectivity index (χ3n) is 5.44. The van der Waals surface area contributed by atoms with Crippen molar-refractivity contribution < 1.29 is 0 Å². The van der Waals surface area contributed by atoms with Crippen molar-refractivity contribution in [3.63, 3.8) is 0 Å². The first-order valence-electron chi connectivity index (χ1n) is 8.25. The molecule has 3 rings (SSSR count). The standard InChI is InChI=1S/C18H26N2S/c1-12(15-6-4-3-5-7-15)19-18(21)20-13(2)17-11-14-8-9-16(17)10-14/h3-7,12-14,16-17H,8-11H2,1-2H3,(H2,19,20,21)/t12-,13+,14-,16-,17-/m0/s1. The summed E-state index contributed by atoms with van der Waals surface area (Å²) in [5.41, 5.74) is 1.27. The summed E-state index contributed by atoms with van der Waals surface area (Å²) in [6, 6.07) is 11.2. The lowest BCUT2D eigenvalue weighted by molar-refractivity contribution is 0.278. The van der Waals surface area contributed by atoms with Gasteiger partial charge in [-0.1, -0.05) is 36.8 Å². The molecule has 2 bridgehead atoms. The van der Waals surface area contributed by atoms with Gasteiger partial charge in [0.25, 0.3) is 0 Å². The van der Waals surface area contributed by atoms with E-state index in [2.05, 4.69) is 48.7 Å². The summed E-state index contributed by atoms with van der Waals surface area (Å²) in [6.07, 6.45) is 5.75. The molecule has 0 aliphatic heterocycles. The number of benzene rings is 1. The topological polar surface area (TPSA) is 24.1 Å². The second kappa shape index (κ2) is 6.35. The van der Waals surface area contributed by atoms with Crippen LogP contribution in [0.15, 0.2) is 30.3 Å². The fraction of sp³-hybridized carbons (Fsp3) is 0.611. The molecule has 0 aromatic heterocycles. The Bertz CT molecular complexity index is 487. The van der Waals surface area contributed by atoms with Gasteiger partial charge in [0.2, 0.25) is 0 Å². The van der Waals surface area contributed by atoms with Crippen molar-refractivity contribution in [1.29, 1.82) is 0 Å². The van der Waals surface area contributed by atoms with Crippen molar-refractivity contribution in [1.82, 2.24) is 10.6 Å². The lowest BCUT2D eigenvalue weighted by atomic mass is 9.84. The molecule has 0 spiro atoms. The third-order valence-corrected chi connectivity index (χ3v) is 5.68. The second-order valence-corrected chi connectivity index (χ2v) is 7.29. The predicted octanol–water partition coefficient (Wildman–Crippen LogP) is 4.04. The molecule has 2 saturated carbocycles. The largest absolute Gasteiger partial charge is 0.360 e. The van der Waals surface area contributed by atoms with E-state index in [9.17, 15) is 0 Å². The fourth-order valence-corrected chi connectivity index (χ4v) is 4.65. The van der Waals surface area contributed by atoms with Crippen molar-refractivity contribution >= 4 is 17.3 Å². The number of nitrogens with one attached hydrogen (secondary N) is 2. The molecule has 0 saturated heterocycles. The van der Waals surface area contributed by atoms with Crippen LogP contribution >= 0.6 is 12.2 Å². The monoisotopic (exact) mass is 302 g/mol. The highest BCUT2D eigenvalue weighted by Crippen LogP contribution is 2.49. The van der Waals surface area contributed by atoms with Gasteiger partial charge in [0.05, 0.1) is 6.04 Å². The summed E-state index contributed by atoms with van der Waals surface area (Å²) in [7, 11) is 0. The Hall–Kier alpha value is -1.09. The highest BCUT2D eigenvalue weighted by atomic mass is 32.1. The fourth-order valence-electron chi connectivity index (χ4n) is 4.28. The number of thiocarbonyl (C=S) groups is 1. The van der Waals surface area contributed by atoms with Crippen LogP contribution in [0.4, 0.5) is 0 Å². The zero-order valence-electron chi connectivity index (χ0n) is 13.0. The van der Waals surface area contributed by atoms with Gasteiger partial charge in [-0.15, -0.1) is 0 Å². The summed E-state index contributed by atoms with van der Waals surface area (Å²) in [6.45, 7) is 4.46. The van der Waals surface area contributed by atoms with Crippen molar-refractivity contribution in [2.24, 2.45) is 17.8 Å². The van der Waals surface area contributed by atoms with E-state index in [0.29, 0.717) is 6.04 Å². The van der Waals surface area contributed by atoms with Crippen LogP contribution in [-0.4, -0.2) is 11.2 Å². The van der Waals surface area contributed by atoms with Gasteiger partial charge in [0.15, 0.2) is 5.11 Å². The molecule has 3 heteroatoms. The van der Waals surface area contributed by atoms with Crippen LogP contribution in [0, 0.1) is 17.8 Å². The van der Waals surface area contributed by atoms with E-state index in [1.165, 1.54) is 31.2 Å². The second-order valence-electron chi connectivity index (χ2n) is 6.88. The van der Waals surface area contributed by atoms with Crippen LogP contribution < -0.4 is 10.6 Å². The van der Waals surface area contributed by atoms with Gasteiger partial charge >= 0.3 is 0 Å². The summed E-state index contributed by atoms with van der Waals surface area (Å²) < 4.78 is 0. The molecule has 2 aliphatic rings. The number of fused-ring (bicyclic) bond motifs is 2. The molecule has 0 amide bonds. The van der Waals surface area contributed by atoms with E-state index in [-0.39, 0.29) is 6.04 Å². The Labute approximate surface area is 133 Å². The van der Waals surface area contributed by atoms with Gasteiger partial charge < -0.3 is 10.6 Å². The van der Waals surface area contributed by atoms with E-state index < -0.39 is 0 Å². The lowest BCUT2D eigenvalue weighted by Gasteiger charge is -2.30. The smallest absolute Gasteiger partial charge is 0.166 e. The van der Waals surface area contributed by atoms with Crippen molar-refractivity contribution in [3.05, 3.63) is 35.9 Å². The quantitative estimate of drug-likeness (QED) is 0.821. The SMILES string of the molecule is C[C@H](NC(=S)N[C@H](C)[C@@H]1C[C@H]2CC[C@H]1C2)c1ccccc1. The molecule has 2 N–H and O–H groups in total. The van der Waals surface area contributed by atoms with E-state index >= 15 is 0 Å². The van der Waals surface area contributed by atoms with Crippen LogP contribution in [-0.2, 0) is 0 Å². The van der Waals surface area contributed by atoms with E-state index in [1.54, 1.807) is 0 Å². The molecule has 2 nitrogen and oxygen atoms in total. The Balaban J connectivity index is 1.50. The molecule has 0 radical (unpaired) electrons. The minimum absolute atomic E-state index is 0.249. The summed E-state index contributed by atoms with van der Waals surface area (Å²) in [5, 5.41) is 7.74. The average Bonchev–Trinajstić information content (AvgIpc) is 3.10. The van der Waals surface area contributed by atoms with Crippen LogP contribution in [0.3, 0.4) is 0 Å². The molecule has 1 aromatic carbocycles. The van der Waals surface area contributed by atoms with Gasteiger partial charge in [-0.2, -0.15) is 0 Å². The lowest BCUT2D eigenvalue weighted by Crippen LogP contribution is -2.45. The van der Waals surface area contributed by atoms with Crippen molar-refractivity contribution in [3.8, 4) is 0 Å². The Morgan fingerprint density at radius 3 is 2.48 bits per heavy atom. The van der Waals surface area contributed by atoms with E-state index in [4.69, 9.17) is 12.2 Å². The van der Waals surface area contributed by atoms with Crippen LogP contribution in [0.5, 0.6) is 0 Å². The average molecular weight is 302 g/mol. The molecule has 5 atom stereocenters. The first kappa shape index (κ1) is 14.8. The molecule has 2 aliphatic carbocycles. The molecular formula is C18H26N2S. The number of hydrogen-bond acceptors (Lipinski definition) is 1. The van der Waals surface area contributed by atoms with E-state index in [0.717, 1.165) is 22.9 Å². The molecule has 0 unspecified atom stereocenters. The molecule has 114 valence electrons. The maximum atomic E-state index is 5.51. The zero-order chi connectivity index (χ0) is 14.8. The predicted molar refractivity (Wildman–Crippen MR) is 92.1 cm³/mol. The van der Waals surface area contributed by atoms with E-state index in [1.807, 2.05) is 6.07 Å². The summed E-state index contributed by atoms with van der Waals surface area (Å²) in [4.78, 5) is 0. The van der Waals surface area contributed by atoms with Crippen molar-refractivity contribution in [2.45, 2.75) is 51.6 Å². The summed E-state index contributed by atoms with van der Waals surface area (Å²) in [5.74, 6) is 2.75. The molecule has 0 heterocycles. The summed E-state index contributed by atoms with van der Waals surface area (Å²) >= 11 is 5.51. The maximum absolute atomic E-state index is 5.51.